The van der Waals surface area contributed by atoms with Gasteiger partial charge in [0, 0.05) is 56.9 Å². The van der Waals surface area contributed by atoms with Gasteiger partial charge in [0.1, 0.15) is 0 Å². The average Bonchev–Trinajstić information content (AvgIpc) is 2.38. The zero-order valence-electron chi connectivity index (χ0n) is 13.9. The third-order valence-corrected chi connectivity index (χ3v) is 4.44. The van der Waals surface area contributed by atoms with Gasteiger partial charge < -0.3 is 16.8 Å². The molecule has 1 aliphatic heterocycles. The van der Waals surface area contributed by atoms with Gasteiger partial charge in [0.25, 0.3) is 0 Å². The van der Waals surface area contributed by atoms with E-state index in [0.29, 0.717) is 0 Å². The van der Waals surface area contributed by atoms with Crippen LogP contribution >= 0.6 is 0 Å². The van der Waals surface area contributed by atoms with Crippen molar-refractivity contribution in [2.24, 2.45) is 11.5 Å². The van der Waals surface area contributed by atoms with Crippen molar-refractivity contribution in [3.63, 3.8) is 0 Å². The van der Waals surface area contributed by atoms with Crippen LogP contribution < -0.4 is 16.8 Å². The van der Waals surface area contributed by atoms with Gasteiger partial charge in [-0.15, -0.1) is 0 Å². The van der Waals surface area contributed by atoms with E-state index in [9.17, 15) is 0 Å². The number of nitrogens with two attached hydrogens (primary N) is 2. The number of nitrogens with one attached hydrogen (secondary N) is 1. The Morgan fingerprint density at radius 2 is 1.55 bits per heavy atom. The zero-order valence-corrected chi connectivity index (χ0v) is 13.9. The molecule has 1 fully saturated rings. The van der Waals surface area contributed by atoms with Crippen molar-refractivity contribution in [2.45, 2.75) is 45.2 Å². The van der Waals surface area contributed by atoms with Gasteiger partial charge in [0.05, 0.1) is 0 Å². The lowest BCUT2D eigenvalue weighted by Crippen LogP contribution is -2.60. The predicted octanol–water partition coefficient (Wildman–Crippen LogP) is 0.0583. The van der Waals surface area contributed by atoms with Gasteiger partial charge in [-0.25, -0.2) is 0 Å². The van der Waals surface area contributed by atoms with E-state index in [-0.39, 0.29) is 11.1 Å². The summed E-state index contributed by atoms with van der Waals surface area (Å²) in [4.78, 5) is 5.05. The van der Waals surface area contributed by atoms with Crippen LogP contribution in [0.25, 0.3) is 0 Å². The number of hydrogen-bond acceptors (Lipinski definition) is 5. The summed E-state index contributed by atoms with van der Waals surface area (Å²) in [5.74, 6) is 0. The van der Waals surface area contributed by atoms with Crippen molar-refractivity contribution >= 4 is 0 Å². The normalized spacial score (nSPS) is 19.5. The predicted molar refractivity (Wildman–Crippen MR) is 86.9 cm³/mol. The van der Waals surface area contributed by atoms with Crippen LogP contribution in [0.2, 0.25) is 0 Å². The van der Waals surface area contributed by atoms with E-state index in [4.69, 9.17) is 11.5 Å². The maximum atomic E-state index is 5.67. The van der Waals surface area contributed by atoms with E-state index in [0.717, 1.165) is 58.8 Å². The molecule has 5 heteroatoms. The lowest BCUT2D eigenvalue weighted by Gasteiger charge is -2.45. The summed E-state index contributed by atoms with van der Waals surface area (Å²) in [5, 5.41) is 3.68. The fourth-order valence-electron chi connectivity index (χ4n) is 2.78. The molecule has 0 spiro atoms. The zero-order chi connectivity index (χ0) is 15.2. The van der Waals surface area contributed by atoms with Crippen LogP contribution in [0.1, 0.15) is 34.1 Å². The second-order valence-corrected chi connectivity index (χ2v) is 7.21. The van der Waals surface area contributed by atoms with Crippen LogP contribution in [-0.2, 0) is 0 Å². The van der Waals surface area contributed by atoms with E-state index >= 15 is 0 Å². The van der Waals surface area contributed by atoms with Crippen LogP contribution in [0.5, 0.6) is 0 Å². The van der Waals surface area contributed by atoms with Crippen LogP contribution in [-0.4, -0.2) is 73.2 Å². The molecule has 0 aromatic heterocycles. The maximum absolute atomic E-state index is 5.67. The first-order chi connectivity index (χ1) is 9.30. The number of hydrogen-bond donors (Lipinski definition) is 3. The molecule has 5 nitrogen and oxygen atoms in total. The Morgan fingerprint density at radius 1 is 0.950 bits per heavy atom. The molecule has 5 N–H and O–H groups in total. The molecule has 1 saturated heterocycles. The minimum atomic E-state index is 0.118. The number of nitrogens with zero attached hydrogens (tertiary/aromatic N) is 2. The fourth-order valence-corrected chi connectivity index (χ4v) is 2.78. The average molecular weight is 285 g/mol. The smallest absolute Gasteiger partial charge is 0.0278 e. The molecule has 0 bridgehead atoms. The molecule has 0 amide bonds. The summed E-state index contributed by atoms with van der Waals surface area (Å²) in [6.45, 7) is 17.2. The number of rotatable bonds is 8. The lowest BCUT2D eigenvalue weighted by atomic mass is 9.96. The van der Waals surface area contributed by atoms with Crippen molar-refractivity contribution in [3.8, 4) is 0 Å². The van der Waals surface area contributed by atoms with E-state index < -0.39 is 0 Å². The highest BCUT2D eigenvalue weighted by molar-refractivity contribution is 4.90. The van der Waals surface area contributed by atoms with Crippen molar-refractivity contribution in [1.29, 1.82) is 0 Å². The Hall–Kier alpha value is -0.200. The molecule has 0 aromatic rings. The Bertz CT molecular complexity index is 269. The van der Waals surface area contributed by atoms with Crippen molar-refractivity contribution in [1.82, 2.24) is 15.1 Å². The van der Waals surface area contributed by atoms with Gasteiger partial charge in [-0.2, -0.15) is 0 Å². The minimum Gasteiger partial charge on any atom is -0.330 e. The summed E-state index contributed by atoms with van der Waals surface area (Å²) in [7, 11) is 0. The van der Waals surface area contributed by atoms with Crippen LogP contribution in [0.15, 0.2) is 0 Å². The van der Waals surface area contributed by atoms with Gasteiger partial charge in [0.2, 0.25) is 0 Å². The monoisotopic (exact) mass is 285 g/mol. The third-order valence-electron chi connectivity index (χ3n) is 4.44. The Balaban J connectivity index is 2.41. The van der Waals surface area contributed by atoms with Gasteiger partial charge in [0.15, 0.2) is 0 Å². The van der Waals surface area contributed by atoms with Crippen LogP contribution in [0.3, 0.4) is 0 Å². The van der Waals surface area contributed by atoms with Crippen LogP contribution in [0, 0.1) is 0 Å². The van der Waals surface area contributed by atoms with Gasteiger partial charge in [-0.1, -0.05) is 0 Å². The van der Waals surface area contributed by atoms with E-state index in [1.54, 1.807) is 0 Å². The fraction of sp³-hybridized carbons (Fsp3) is 1.00. The number of piperazine rings is 1. The molecule has 0 aromatic carbocycles. The Kier molecular flexibility index (Phi) is 6.88. The maximum Gasteiger partial charge on any atom is 0.0278 e. The molecule has 0 atom stereocenters. The quantitative estimate of drug-likeness (QED) is 0.588. The molecule has 1 heterocycles. The minimum absolute atomic E-state index is 0.118. The standard InChI is InChI=1S/C15H35N5/c1-14(2,5-6-16)18-13-15(3,4)20-11-9-19(8-7-17)10-12-20/h18H,5-13,16-17H2,1-4H3. The molecule has 1 rings (SSSR count). The van der Waals surface area contributed by atoms with E-state index in [1.165, 1.54) is 0 Å². The van der Waals surface area contributed by atoms with Crippen molar-refractivity contribution in [3.05, 3.63) is 0 Å². The molecule has 120 valence electrons. The van der Waals surface area contributed by atoms with E-state index in [1.807, 2.05) is 0 Å². The van der Waals surface area contributed by atoms with E-state index in [2.05, 4.69) is 42.8 Å². The first kappa shape index (κ1) is 17.9. The molecule has 0 unspecified atom stereocenters. The van der Waals surface area contributed by atoms with Crippen molar-refractivity contribution in [2.75, 3.05) is 52.4 Å². The van der Waals surface area contributed by atoms with Crippen LogP contribution in [0.4, 0.5) is 0 Å². The third kappa shape index (κ3) is 5.66. The molecule has 0 aliphatic carbocycles. The lowest BCUT2D eigenvalue weighted by molar-refractivity contribution is 0.0489. The molecule has 0 saturated carbocycles. The van der Waals surface area contributed by atoms with Gasteiger partial charge >= 0.3 is 0 Å². The summed E-state index contributed by atoms with van der Waals surface area (Å²) in [6.07, 6.45) is 1.01. The second-order valence-electron chi connectivity index (χ2n) is 7.21. The molecule has 20 heavy (non-hydrogen) atoms. The molecular formula is C15H35N5. The summed E-state index contributed by atoms with van der Waals surface area (Å²) in [6, 6.07) is 0. The summed E-state index contributed by atoms with van der Waals surface area (Å²) >= 11 is 0. The molecule has 1 aliphatic rings. The summed E-state index contributed by atoms with van der Waals surface area (Å²) < 4.78 is 0. The topological polar surface area (TPSA) is 70.5 Å². The second kappa shape index (κ2) is 7.71. The largest absolute Gasteiger partial charge is 0.330 e. The summed E-state index contributed by atoms with van der Waals surface area (Å²) in [5.41, 5.74) is 11.6. The highest BCUT2D eigenvalue weighted by atomic mass is 15.3. The Labute approximate surface area is 125 Å². The first-order valence-electron chi connectivity index (χ1n) is 7.93. The SMILES string of the molecule is CC(C)(CCN)NCC(C)(C)N1CCN(CCN)CC1. The van der Waals surface area contributed by atoms with Gasteiger partial charge in [-0.05, 0) is 40.7 Å². The highest BCUT2D eigenvalue weighted by Gasteiger charge is 2.31. The first-order valence-corrected chi connectivity index (χ1v) is 7.93. The molecule has 0 radical (unpaired) electrons. The Morgan fingerprint density at radius 3 is 2.05 bits per heavy atom. The van der Waals surface area contributed by atoms with Crippen molar-refractivity contribution < 1.29 is 0 Å². The molecular weight excluding hydrogens is 250 g/mol. The van der Waals surface area contributed by atoms with Gasteiger partial charge in [-0.3, -0.25) is 9.80 Å². The highest BCUT2D eigenvalue weighted by Crippen LogP contribution is 2.18.